The second-order valence-corrected chi connectivity index (χ2v) is 6.80. The Morgan fingerprint density at radius 2 is 1.19 bits per heavy atom. The van der Waals surface area contributed by atoms with Crippen LogP contribution in [0.2, 0.25) is 0 Å². The van der Waals surface area contributed by atoms with E-state index in [1.54, 1.807) is 16.5 Å². The highest BCUT2D eigenvalue weighted by molar-refractivity contribution is 5.88. The number of hydrogen-bond acceptors (Lipinski definition) is 7. The summed E-state index contributed by atoms with van der Waals surface area (Å²) in [5.41, 5.74) is 3.11. The third-order valence-electron chi connectivity index (χ3n) is 4.86. The number of methoxy groups -OCH3 is 1. The molecule has 0 amide bonds. The Hall–Kier alpha value is -4.66. The number of nitrogens with zero attached hydrogens (tertiary/aromatic N) is 8. The molecule has 0 aliphatic heterocycles. The molecular formula is C23H18N8O. The fourth-order valence-electron chi connectivity index (χ4n) is 3.37. The Morgan fingerprint density at radius 3 is 1.72 bits per heavy atom. The summed E-state index contributed by atoms with van der Waals surface area (Å²) in [6.07, 6.45) is 1.93. The topological polar surface area (TPSA) is 96.4 Å². The molecule has 9 heteroatoms. The van der Waals surface area contributed by atoms with E-state index < -0.39 is 0 Å². The number of rotatable bonds is 6. The van der Waals surface area contributed by atoms with Gasteiger partial charge in [0.1, 0.15) is 5.75 Å². The van der Waals surface area contributed by atoms with Crippen LogP contribution in [-0.4, -0.2) is 47.5 Å². The van der Waals surface area contributed by atoms with Crippen LogP contribution in [0.4, 0.5) is 0 Å². The van der Waals surface area contributed by atoms with E-state index in [-0.39, 0.29) is 0 Å². The van der Waals surface area contributed by atoms with Gasteiger partial charge in [0.2, 0.25) is 0 Å². The Kier molecular flexibility index (Phi) is 5.19. The van der Waals surface area contributed by atoms with Gasteiger partial charge >= 0.3 is 0 Å². The zero-order valence-corrected chi connectivity index (χ0v) is 17.1. The van der Waals surface area contributed by atoms with Crippen molar-refractivity contribution in [3.63, 3.8) is 0 Å². The number of para-hydroxylation sites is 3. The number of benzene rings is 3. The first-order chi connectivity index (χ1) is 15.8. The van der Waals surface area contributed by atoms with E-state index in [1.165, 1.54) is 0 Å². The normalized spacial score (nSPS) is 10.7. The lowest BCUT2D eigenvalue weighted by molar-refractivity contribution is 0.414. The molecule has 2 heterocycles. The van der Waals surface area contributed by atoms with E-state index >= 15 is 0 Å². The molecule has 0 saturated carbocycles. The highest BCUT2D eigenvalue weighted by atomic mass is 16.5. The van der Waals surface area contributed by atoms with Crippen LogP contribution in [0.3, 0.4) is 0 Å². The van der Waals surface area contributed by atoms with E-state index in [0.717, 1.165) is 16.9 Å². The van der Waals surface area contributed by atoms with Gasteiger partial charge in [-0.15, -0.1) is 10.2 Å². The first kappa shape index (κ1) is 19.3. The zero-order chi connectivity index (χ0) is 21.8. The van der Waals surface area contributed by atoms with Crippen LogP contribution in [0.1, 0.15) is 17.2 Å². The van der Waals surface area contributed by atoms with E-state index in [4.69, 9.17) is 4.74 Å². The molecule has 0 radical (unpaired) electrons. The first-order valence-electron chi connectivity index (χ1n) is 9.88. The van der Waals surface area contributed by atoms with Gasteiger partial charge in [0.15, 0.2) is 11.6 Å². The van der Waals surface area contributed by atoms with Gasteiger partial charge in [0.05, 0.1) is 24.1 Å². The van der Waals surface area contributed by atoms with Gasteiger partial charge in [0, 0.05) is 5.56 Å². The average molecular weight is 422 g/mol. The average Bonchev–Trinajstić information content (AvgIpc) is 3.54. The van der Waals surface area contributed by atoms with Crippen molar-refractivity contribution in [2.45, 2.75) is 0 Å². The smallest absolute Gasteiger partial charge is 0.190 e. The van der Waals surface area contributed by atoms with Crippen molar-refractivity contribution >= 4 is 11.6 Å². The fraction of sp³-hybridized carbons (Fsp3) is 0.0435. The van der Waals surface area contributed by atoms with Gasteiger partial charge in [0.25, 0.3) is 0 Å². The minimum Gasteiger partial charge on any atom is -0.496 e. The van der Waals surface area contributed by atoms with Crippen molar-refractivity contribution in [2.24, 2.45) is 0 Å². The lowest BCUT2D eigenvalue weighted by atomic mass is 10.1. The summed E-state index contributed by atoms with van der Waals surface area (Å²) in [6.45, 7) is 0. The molecule has 0 aliphatic rings. The maximum absolute atomic E-state index is 5.55. The zero-order valence-electron chi connectivity index (χ0n) is 17.1. The molecule has 0 bridgehead atoms. The minimum atomic E-state index is 0.495. The van der Waals surface area contributed by atoms with E-state index in [9.17, 15) is 0 Å². The van der Waals surface area contributed by atoms with Crippen molar-refractivity contribution in [2.75, 3.05) is 7.11 Å². The SMILES string of the molecule is COc1ccccc1C=C(c1nnnn1-c1ccccc1)c1nnnn1-c1ccccc1. The van der Waals surface area contributed by atoms with Crippen molar-refractivity contribution in [3.05, 3.63) is 102 Å². The molecule has 2 aromatic heterocycles. The van der Waals surface area contributed by atoms with Gasteiger partial charge in [-0.2, -0.15) is 9.36 Å². The third kappa shape index (κ3) is 3.63. The summed E-state index contributed by atoms with van der Waals surface area (Å²) in [5, 5.41) is 24.9. The molecule has 0 saturated heterocycles. The largest absolute Gasteiger partial charge is 0.496 e. The summed E-state index contributed by atoms with van der Waals surface area (Å²) in [5.74, 6) is 1.70. The lowest BCUT2D eigenvalue weighted by Gasteiger charge is -2.11. The third-order valence-corrected chi connectivity index (χ3v) is 4.86. The predicted octanol–water partition coefficient (Wildman–Crippen LogP) is 3.24. The maximum Gasteiger partial charge on any atom is 0.190 e. The van der Waals surface area contributed by atoms with Crippen LogP contribution in [0, 0.1) is 0 Å². The number of aromatic nitrogens is 8. The Labute approximate surface area is 183 Å². The summed E-state index contributed by atoms with van der Waals surface area (Å²) in [4.78, 5) is 0. The maximum atomic E-state index is 5.55. The molecule has 5 rings (SSSR count). The molecule has 5 aromatic rings. The number of hydrogen-bond donors (Lipinski definition) is 0. The van der Waals surface area contributed by atoms with Crippen LogP contribution >= 0.6 is 0 Å². The number of ether oxygens (including phenoxy) is 1. The molecule has 9 nitrogen and oxygen atoms in total. The minimum absolute atomic E-state index is 0.495. The number of tetrazole rings is 2. The second-order valence-electron chi connectivity index (χ2n) is 6.80. The quantitative estimate of drug-likeness (QED) is 0.414. The van der Waals surface area contributed by atoms with Gasteiger partial charge in [-0.1, -0.05) is 54.6 Å². The molecule has 0 aliphatic carbocycles. The summed E-state index contributed by atoms with van der Waals surface area (Å²) in [7, 11) is 1.63. The molecule has 0 N–H and O–H groups in total. The molecule has 0 atom stereocenters. The van der Waals surface area contributed by atoms with Crippen molar-refractivity contribution in [1.82, 2.24) is 40.4 Å². The van der Waals surface area contributed by atoms with Gasteiger partial charge in [-0.05, 0) is 57.3 Å². The molecular weight excluding hydrogens is 404 g/mol. The van der Waals surface area contributed by atoms with Gasteiger partial charge in [-0.25, -0.2) is 0 Å². The Morgan fingerprint density at radius 1 is 0.688 bits per heavy atom. The molecule has 3 aromatic carbocycles. The van der Waals surface area contributed by atoms with Crippen molar-refractivity contribution in [3.8, 4) is 17.1 Å². The first-order valence-corrected chi connectivity index (χ1v) is 9.88. The molecule has 0 unspecified atom stereocenters. The van der Waals surface area contributed by atoms with E-state index in [0.29, 0.717) is 23.0 Å². The second kappa shape index (κ2) is 8.60. The standard InChI is InChI=1S/C23H18N8O/c1-32-21-15-9-8-10-17(21)16-20(22-24-26-28-30(22)18-11-4-2-5-12-18)23-25-27-29-31(23)19-13-6-3-7-14-19/h2-16H,1H3. The van der Waals surface area contributed by atoms with Crippen molar-refractivity contribution in [1.29, 1.82) is 0 Å². The molecule has 0 spiro atoms. The van der Waals surface area contributed by atoms with Gasteiger partial charge in [-0.3, -0.25) is 0 Å². The Bertz CT molecular complexity index is 1280. The summed E-state index contributed by atoms with van der Waals surface area (Å²) >= 11 is 0. The van der Waals surface area contributed by atoms with Crippen LogP contribution in [0.25, 0.3) is 23.0 Å². The van der Waals surface area contributed by atoms with Crippen LogP contribution in [0.5, 0.6) is 5.75 Å². The van der Waals surface area contributed by atoms with E-state index in [2.05, 4.69) is 31.1 Å². The highest BCUT2D eigenvalue weighted by Crippen LogP contribution is 2.29. The Balaban J connectivity index is 1.74. The summed E-state index contributed by atoms with van der Waals surface area (Å²) < 4.78 is 8.87. The molecule has 156 valence electrons. The molecule has 32 heavy (non-hydrogen) atoms. The fourth-order valence-corrected chi connectivity index (χ4v) is 3.37. The summed E-state index contributed by atoms with van der Waals surface area (Å²) in [6, 6.07) is 27.0. The van der Waals surface area contributed by atoms with Gasteiger partial charge < -0.3 is 4.74 Å². The monoisotopic (exact) mass is 422 g/mol. The predicted molar refractivity (Wildman–Crippen MR) is 118 cm³/mol. The van der Waals surface area contributed by atoms with Crippen LogP contribution in [-0.2, 0) is 0 Å². The van der Waals surface area contributed by atoms with Crippen molar-refractivity contribution < 1.29 is 4.74 Å². The van der Waals surface area contributed by atoms with Crippen LogP contribution < -0.4 is 4.74 Å². The van der Waals surface area contributed by atoms with Crippen LogP contribution in [0.15, 0.2) is 84.9 Å². The molecule has 0 fully saturated rings. The van der Waals surface area contributed by atoms with E-state index in [1.807, 2.05) is 91.0 Å². The highest BCUT2D eigenvalue weighted by Gasteiger charge is 2.22. The lowest BCUT2D eigenvalue weighted by Crippen LogP contribution is -2.08.